The molecular weight excluding hydrogens is 1080 g/mol. The SMILES string of the molecule is c1ccc(-c2cccc(-c3cccc(-c4cccc(C(c5cccc(-c6ccnc(-c7cc(-n8c9ccccc9c9ccc%10c%11ccccc%11n(-c%11ccccc%11)c%10c98)ccn7)c6)c5)(c5ccc6ccccc6c5)c5ccc6ccccc6c5)c4)n3)c2)cc1. The molecule has 0 saturated carbocycles. The van der Waals surface area contributed by atoms with Crippen molar-refractivity contribution in [1.82, 2.24) is 24.1 Å². The number of pyridine rings is 3. The van der Waals surface area contributed by atoms with Crippen LogP contribution in [-0.2, 0) is 5.41 Å². The number of benzene rings is 12. The van der Waals surface area contributed by atoms with Crippen LogP contribution in [0.5, 0.6) is 0 Å². The third-order valence-electron chi connectivity index (χ3n) is 18.1. The van der Waals surface area contributed by atoms with Gasteiger partial charge in [-0.25, -0.2) is 4.98 Å². The Morgan fingerprint density at radius 3 is 1.30 bits per heavy atom. The second kappa shape index (κ2) is 21.3. The van der Waals surface area contributed by atoms with Crippen molar-refractivity contribution in [3.8, 4) is 67.5 Å². The molecule has 416 valence electrons. The van der Waals surface area contributed by atoms with Gasteiger partial charge in [-0.2, -0.15) is 0 Å². The Morgan fingerprint density at radius 1 is 0.236 bits per heavy atom. The zero-order valence-corrected chi connectivity index (χ0v) is 48.5. The van der Waals surface area contributed by atoms with E-state index in [4.69, 9.17) is 15.0 Å². The molecule has 5 nitrogen and oxygen atoms in total. The van der Waals surface area contributed by atoms with Gasteiger partial charge in [0.15, 0.2) is 0 Å². The van der Waals surface area contributed by atoms with Crippen LogP contribution in [0.25, 0.3) is 133 Å². The van der Waals surface area contributed by atoms with E-state index in [2.05, 4.69) is 331 Å². The Bertz CT molecular complexity index is 5500. The van der Waals surface area contributed by atoms with Gasteiger partial charge < -0.3 is 9.13 Å². The van der Waals surface area contributed by atoms with Crippen molar-refractivity contribution in [2.24, 2.45) is 0 Å². The zero-order valence-electron chi connectivity index (χ0n) is 48.5. The van der Waals surface area contributed by atoms with Gasteiger partial charge in [0.1, 0.15) is 0 Å². The van der Waals surface area contributed by atoms with Gasteiger partial charge in [0.2, 0.25) is 0 Å². The Kier molecular flexibility index (Phi) is 12.4. The van der Waals surface area contributed by atoms with E-state index in [1.807, 2.05) is 12.4 Å². The standard InChI is InChI=1S/C84H55N5/c1-3-19-56(20-4-1)59-25-15-27-64(49-59)76-35-18-36-77(87-76)65-28-17-30-67(53-65)84(68-41-39-57-21-7-9-23-60(57)50-68,69-42-40-58-22-8-10-24-61(58)51-69)66-29-16-26-62(52-66)63-45-47-85-78(54-63)79-55-71(46-48-86-79)89-81-38-14-12-34-73(81)75-44-43-74-72-33-11-13-37-80(72)88(82(74)83(75)89)70-31-5-2-6-32-70/h1-55H. The highest BCUT2D eigenvalue weighted by atomic mass is 15.0. The molecule has 5 aromatic heterocycles. The van der Waals surface area contributed by atoms with Gasteiger partial charge in [0.05, 0.1) is 55.9 Å². The maximum Gasteiger partial charge on any atom is 0.0907 e. The third kappa shape index (κ3) is 8.73. The highest BCUT2D eigenvalue weighted by Crippen LogP contribution is 2.49. The lowest BCUT2D eigenvalue weighted by Gasteiger charge is -2.38. The van der Waals surface area contributed by atoms with E-state index in [0.717, 1.165) is 101 Å². The fourth-order valence-electron chi connectivity index (χ4n) is 14.0. The second-order valence-corrected chi connectivity index (χ2v) is 23.1. The van der Waals surface area contributed by atoms with Gasteiger partial charge >= 0.3 is 0 Å². The van der Waals surface area contributed by atoms with Crippen molar-refractivity contribution in [3.63, 3.8) is 0 Å². The molecule has 89 heavy (non-hydrogen) atoms. The minimum atomic E-state index is -0.826. The van der Waals surface area contributed by atoms with E-state index in [1.165, 1.54) is 54.2 Å². The summed E-state index contributed by atoms with van der Waals surface area (Å²) in [6.07, 6.45) is 3.86. The summed E-state index contributed by atoms with van der Waals surface area (Å²) >= 11 is 0. The van der Waals surface area contributed by atoms with Crippen molar-refractivity contribution in [2.45, 2.75) is 5.41 Å². The molecule has 0 amide bonds. The van der Waals surface area contributed by atoms with Crippen LogP contribution in [0.15, 0.2) is 334 Å². The Hall–Kier alpha value is -11.8. The predicted octanol–water partition coefficient (Wildman–Crippen LogP) is 21.1. The van der Waals surface area contributed by atoms with Crippen molar-refractivity contribution < 1.29 is 0 Å². The molecule has 0 saturated heterocycles. The van der Waals surface area contributed by atoms with Crippen LogP contribution < -0.4 is 0 Å². The van der Waals surface area contributed by atoms with Crippen LogP contribution in [0.3, 0.4) is 0 Å². The monoisotopic (exact) mass is 1130 g/mol. The number of fused-ring (bicyclic) bond motifs is 9. The van der Waals surface area contributed by atoms with Crippen LogP contribution in [0.2, 0.25) is 0 Å². The summed E-state index contributed by atoms with van der Waals surface area (Å²) in [6.45, 7) is 0. The highest BCUT2D eigenvalue weighted by molar-refractivity contribution is 6.24. The van der Waals surface area contributed by atoms with E-state index >= 15 is 0 Å². The molecule has 0 fully saturated rings. The number of rotatable bonds is 11. The Morgan fingerprint density at radius 2 is 0.674 bits per heavy atom. The fraction of sp³-hybridized carbons (Fsp3) is 0.0119. The van der Waals surface area contributed by atoms with E-state index in [-0.39, 0.29) is 0 Å². The van der Waals surface area contributed by atoms with E-state index in [1.54, 1.807) is 0 Å². The summed E-state index contributed by atoms with van der Waals surface area (Å²) in [7, 11) is 0. The molecule has 17 rings (SSSR count). The van der Waals surface area contributed by atoms with Crippen molar-refractivity contribution >= 4 is 65.2 Å². The van der Waals surface area contributed by atoms with Crippen molar-refractivity contribution in [3.05, 3.63) is 356 Å². The molecule has 0 aliphatic rings. The summed E-state index contributed by atoms with van der Waals surface area (Å²) in [4.78, 5) is 15.6. The Labute approximate surface area is 515 Å². The average Bonchev–Trinajstić information content (AvgIpc) is 1.69. The third-order valence-corrected chi connectivity index (χ3v) is 18.1. The van der Waals surface area contributed by atoms with Crippen LogP contribution in [0, 0.1) is 0 Å². The predicted molar refractivity (Wildman–Crippen MR) is 369 cm³/mol. The molecule has 0 spiro atoms. The molecule has 0 unspecified atom stereocenters. The first kappa shape index (κ1) is 51.6. The van der Waals surface area contributed by atoms with Crippen molar-refractivity contribution in [1.29, 1.82) is 0 Å². The Balaban J connectivity index is 0.829. The number of para-hydroxylation sites is 3. The van der Waals surface area contributed by atoms with Crippen LogP contribution >= 0.6 is 0 Å². The number of nitrogens with zero attached hydrogens (tertiary/aromatic N) is 5. The van der Waals surface area contributed by atoms with Gasteiger partial charge in [0.25, 0.3) is 0 Å². The second-order valence-electron chi connectivity index (χ2n) is 23.1. The molecule has 0 aliphatic heterocycles. The first-order valence-corrected chi connectivity index (χ1v) is 30.4. The summed E-state index contributed by atoms with van der Waals surface area (Å²) in [5.41, 5.74) is 20.4. The summed E-state index contributed by atoms with van der Waals surface area (Å²) in [5.74, 6) is 0. The maximum atomic E-state index is 5.43. The van der Waals surface area contributed by atoms with Gasteiger partial charge in [-0.1, -0.05) is 231 Å². The summed E-state index contributed by atoms with van der Waals surface area (Å²) < 4.78 is 4.86. The minimum absolute atomic E-state index is 0.780. The molecule has 0 bridgehead atoms. The first-order valence-electron chi connectivity index (χ1n) is 30.4. The molecule has 0 radical (unpaired) electrons. The van der Waals surface area contributed by atoms with Gasteiger partial charge in [-0.05, 0) is 157 Å². The average molecular weight is 1130 g/mol. The highest BCUT2D eigenvalue weighted by Gasteiger charge is 2.39. The van der Waals surface area contributed by atoms with Gasteiger partial charge in [0, 0.05) is 50.8 Å². The van der Waals surface area contributed by atoms with E-state index in [9.17, 15) is 0 Å². The summed E-state index contributed by atoms with van der Waals surface area (Å²) in [6, 6.07) is 117. The van der Waals surface area contributed by atoms with Crippen LogP contribution in [-0.4, -0.2) is 24.1 Å². The molecule has 5 heterocycles. The quantitative estimate of drug-likeness (QED) is 0.121. The molecule has 0 atom stereocenters. The van der Waals surface area contributed by atoms with Crippen LogP contribution in [0.1, 0.15) is 22.3 Å². The smallest absolute Gasteiger partial charge is 0.0907 e. The lowest BCUT2D eigenvalue weighted by atomic mass is 9.64. The maximum absolute atomic E-state index is 5.43. The lowest BCUT2D eigenvalue weighted by Crippen LogP contribution is -2.31. The van der Waals surface area contributed by atoms with Gasteiger partial charge in [-0.3, -0.25) is 9.97 Å². The zero-order chi connectivity index (χ0) is 58.8. The summed E-state index contributed by atoms with van der Waals surface area (Å²) in [5, 5.41) is 9.51. The van der Waals surface area contributed by atoms with E-state index in [0.29, 0.717) is 0 Å². The molecule has 5 heteroatoms. The minimum Gasteiger partial charge on any atom is -0.307 e. The molecular formula is C84H55N5. The van der Waals surface area contributed by atoms with Crippen LogP contribution in [0.4, 0.5) is 0 Å². The first-order chi connectivity index (χ1) is 44.1. The van der Waals surface area contributed by atoms with E-state index < -0.39 is 5.41 Å². The molecule has 12 aromatic carbocycles. The molecule has 0 N–H and O–H groups in total. The largest absolute Gasteiger partial charge is 0.307 e. The number of hydrogen-bond acceptors (Lipinski definition) is 3. The number of hydrogen-bond donors (Lipinski definition) is 0. The van der Waals surface area contributed by atoms with Crippen molar-refractivity contribution in [2.75, 3.05) is 0 Å². The molecule has 0 aliphatic carbocycles. The number of aromatic nitrogens is 5. The normalized spacial score (nSPS) is 11.8. The lowest BCUT2D eigenvalue weighted by molar-refractivity contribution is 0.748. The fourth-order valence-corrected chi connectivity index (χ4v) is 14.0. The molecule has 17 aromatic rings. The van der Waals surface area contributed by atoms with Gasteiger partial charge in [-0.15, -0.1) is 0 Å². The topological polar surface area (TPSA) is 48.5 Å².